The van der Waals surface area contributed by atoms with Crippen molar-refractivity contribution in [3.05, 3.63) is 0 Å². The fraction of sp³-hybridized carbons (Fsp3) is 0.923. The van der Waals surface area contributed by atoms with Gasteiger partial charge in [-0.2, -0.15) is 0 Å². The van der Waals surface area contributed by atoms with Gasteiger partial charge in [-0.25, -0.2) is 0 Å². The Morgan fingerprint density at radius 3 is 2.25 bits per heavy atom. The molecule has 16 heavy (non-hydrogen) atoms. The molecule has 2 N–H and O–H groups in total. The first kappa shape index (κ1) is 13.3. The van der Waals surface area contributed by atoms with Crippen molar-refractivity contribution in [3.8, 4) is 0 Å². The van der Waals surface area contributed by atoms with E-state index in [1.807, 2.05) is 0 Å². The maximum Gasteiger partial charge on any atom is 0.191 e. The van der Waals surface area contributed by atoms with Crippen LogP contribution in [0.25, 0.3) is 0 Å². The second kappa shape index (κ2) is 5.55. The molecule has 3 heteroatoms. The summed E-state index contributed by atoms with van der Waals surface area (Å²) in [5.41, 5.74) is 6.47. The molecule has 0 aromatic rings. The minimum absolute atomic E-state index is 0.492. The van der Waals surface area contributed by atoms with E-state index in [9.17, 15) is 0 Å². The summed E-state index contributed by atoms with van der Waals surface area (Å²) in [6, 6.07) is 0. The van der Waals surface area contributed by atoms with Crippen molar-refractivity contribution in [2.45, 2.75) is 47.0 Å². The number of rotatable bonds is 6. The molecule has 0 aromatic carbocycles. The van der Waals surface area contributed by atoms with Gasteiger partial charge in [0.2, 0.25) is 0 Å². The Bertz CT molecular complexity index is 238. The molecule has 0 heterocycles. The van der Waals surface area contributed by atoms with Crippen LogP contribution in [0.2, 0.25) is 0 Å². The molecular formula is C13H27N3. The number of guanidine groups is 1. The lowest BCUT2D eigenvalue weighted by atomic mass is 9.94. The molecular weight excluding hydrogens is 198 g/mol. The molecule has 1 rings (SSSR count). The van der Waals surface area contributed by atoms with E-state index < -0.39 is 0 Å². The van der Waals surface area contributed by atoms with Crippen LogP contribution in [0.5, 0.6) is 0 Å². The van der Waals surface area contributed by atoms with Crippen LogP contribution in [0.3, 0.4) is 0 Å². The maximum absolute atomic E-state index is 5.98. The molecule has 1 aliphatic carbocycles. The zero-order chi connectivity index (χ0) is 12.2. The summed E-state index contributed by atoms with van der Waals surface area (Å²) >= 11 is 0. The van der Waals surface area contributed by atoms with Crippen LogP contribution in [0.4, 0.5) is 0 Å². The van der Waals surface area contributed by atoms with Crippen molar-refractivity contribution < 1.29 is 0 Å². The van der Waals surface area contributed by atoms with Crippen LogP contribution in [0.15, 0.2) is 4.99 Å². The van der Waals surface area contributed by atoms with Crippen LogP contribution in [0, 0.1) is 11.3 Å². The van der Waals surface area contributed by atoms with Gasteiger partial charge in [0.1, 0.15) is 0 Å². The first-order valence-corrected chi connectivity index (χ1v) is 6.58. The fourth-order valence-electron chi connectivity index (χ4n) is 2.37. The van der Waals surface area contributed by atoms with Gasteiger partial charge in [0.15, 0.2) is 5.96 Å². The molecule has 0 aromatic heterocycles. The van der Waals surface area contributed by atoms with Crippen LogP contribution in [-0.2, 0) is 0 Å². The highest BCUT2D eigenvalue weighted by Gasteiger charge is 2.42. The lowest BCUT2D eigenvalue weighted by molar-refractivity contribution is 0.393. The Balaban J connectivity index is 2.46. The summed E-state index contributed by atoms with van der Waals surface area (Å²) < 4.78 is 0. The molecule has 0 unspecified atom stereocenters. The Kier molecular flexibility index (Phi) is 4.63. The van der Waals surface area contributed by atoms with Gasteiger partial charge in [0, 0.05) is 19.6 Å². The molecule has 1 aliphatic rings. The molecule has 0 amide bonds. The van der Waals surface area contributed by atoms with Crippen LogP contribution in [0.1, 0.15) is 47.0 Å². The minimum Gasteiger partial charge on any atom is -0.370 e. The number of nitrogens with two attached hydrogens (primary N) is 1. The zero-order valence-electron chi connectivity index (χ0n) is 11.3. The molecule has 1 fully saturated rings. The smallest absolute Gasteiger partial charge is 0.191 e. The monoisotopic (exact) mass is 225 g/mol. The Morgan fingerprint density at radius 1 is 1.31 bits per heavy atom. The van der Waals surface area contributed by atoms with E-state index in [1.54, 1.807) is 0 Å². The van der Waals surface area contributed by atoms with Gasteiger partial charge in [-0.3, -0.25) is 4.99 Å². The van der Waals surface area contributed by atoms with Crippen molar-refractivity contribution in [2.75, 3.05) is 19.6 Å². The molecule has 1 saturated carbocycles. The number of hydrogen-bond acceptors (Lipinski definition) is 1. The number of nitrogens with zero attached hydrogens (tertiary/aromatic N) is 2. The van der Waals surface area contributed by atoms with Crippen LogP contribution in [-0.4, -0.2) is 30.5 Å². The topological polar surface area (TPSA) is 41.6 Å². The zero-order valence-corrected chi connectivity index (χ0v) is 11.3. The quantitative estimate of drug-likeness (QED) is 0.557. The third-order valence-electron chi connectivity index (χ3n) is 3.46. The van der Waals surface area contributed by atoms with Gasteiger partial charge < -0.3 is 10.6 Å². The highest BCUT2D eigenvalue weighted by atomic mass is 15.2. The SMILES string of the molecule is CCN(CC)C(N)=NCC1(CC(C)C)CC1. The molecule has 0 bridgehead atoms. The van der Waals surface area contributed by atoms with Crippen molar-refractivity contribution in [2.24, 2.45) is 22.1 Å². The summed E-state index contributed by atoms with van der Waals surface area (Å²) in [6.07, 6.45) is 3.96. The lowest BCUT2D eigenvalue weighted by Gasteiger charge is -2.21. The Morgan fingerprint density at radius 2 is 1.88 bits per heavy atom. The van der Waals surface area contributed by atoms with Crippen LogP contribution >= 0.6 is 0 Å². The van der Waals surface area contributed by atoms with E-state index in [4.69, 9.17) is 5.73 Å². The maximum atomic E-state index is 5.98. The largest absolute Gasteiger partial charge is 0.370 e. The third kappa shape index (κ3) is 3.69. The minimum atomic E-state index is 0.492. The Hall–Kier alpha value is -0.730. The first-order valence-electron chi connectivity index (χ1n) is 6.58. The van der Waals surface area contributed by atoms with Gasteiger partial charge >= 0.3 is 0 Å². The van der Waals surface area contributed by atoms with Gasteiger partial charge in [-0.05, 0) is 44.4 Å². The highest BCUT2D eigenvalue weighted by molar-refractivity contribution is 5.78. The summed E-state index contributed by atoms with van der Waals surface area (Å²) in [4.78, 5) is 6.69. The average molecular weight is 225 g/mol. The van der Waals surface area contributed by atoms with E-state index in [1.165, 1.54) is 19.3 Å². The highest BCUT2D eigenvalue weighted by Crippen LogP contribution is 2.50. The van der Waals surface area contributed by atoms with E-state index in [0.29, 0.717) is 5.41 Å². The van der Waals surface area contributed by atoms with Crippen molar-refractivity contribution in [3.63, 3.8) is 0 Å². The molecule has 3 nitrogen and oxygen atoms in total. The number of aliphatic imine (C=N–C) groups is 1. The van der Waals surface area contributed by atoms with Crippen LogP contribution < -0.4 is 5.73 Å². The van der Waals surface area contributed by atoms with Crippen molar-refractivity contribution in [1.82, 2.24) is 4.90 Å². The summed E-state index contributed by atoms with van der Waals surface area (Å²) in [7, 11) is 0. The van der Waals surface area contributed by atoms with Gasteiger partial charge in [0.05, 0.1) is 0 Å². The van der Waals surface area contributed by atoms with E-state index in [2.05, 4.69) is 37.6 Å². The predicted octanol–water partition coefficient (Wildman–Crippen LogP) is 2.47. The first-order chi connectivity index (χ1) is 7.53. The van der Waals surface area contributed by atoms with E-state index in [-0.39, 0.29) is 0 Å². The Labute approximate surface area is 100 Å². The molecule has 0 aliphatic heterocycles. The predicted molar refractivity (Wildman–Crippen MR) is 70.5 cm³/mol. The lowest BCUT2D eigenvalue weighted by Crippen LogP contribution is -2.37. The number of hydrogen-bond donors (Lipinski definition) is 1. The van der Waals surface area contributed by atoms with E-state index >= 15 is 0 Å². The second-order valence-electron chi connectivity index (χ2n) is 5.44. The van der Waals surface area contributed by atoms with Gasteiger partial charge in [-0.15, -0.1) is 0 Å². The molecule has 0 radical (unpaired) electrons. The van der Waals surface area contributed by atoms with Gasteiger partial charge in [-0.1, -0.05) is 13.8 Å². The molecule has 0 saturated heterocycles. The average Bonchev–Trinajstić information content (AvgIpc) is 2.96. The van der Waals surface area contributed by atoms with Crippen molar-refractivity contribution >= 4 is 5.96 Å². The summed E-state index contributed by atoms with van der Waals surface area (Å²) in [5.74, 6) is 1.49. The second-order valence-corrected chi connectivity index (χ2v) is 5.44. The molecule has 0 spiro atoms. The van der Waals surface area contributed by atoms with Gasteiger partial charge in [0.25, 0.3) is 0 Å². The molecule has 94 valence electrons. The summed E-state index contributed by atoms with van der Waals surface area (Å²) in [6.45, 7) is 11.6. The molecule has 0 atom stereocenters. The summed E-state index contributed by atoms with van der Waals surface area (Å²) in [5, 5.41) is 0. The standard InChI is InChI=1S/C13H27N3/c1-5-16(6-2)12(14)15-10-13(7-8-13)9-11(3)4/h11H,5-10H2,1-4H3,(H2,14,15). The van der Waals surface area contributed by atoms with Crippen molar-refractivity contribution in [1.29, 1.82) is 0 Å². The van der Waals surface area contributed by atoms with E-state index in [0.717, 1.165) is 31.5 Å². The third-order valence-corrected chi connectivity index (χ3v) is 3.46. The fourth-order valence-corrected chi connectivity index (χ4v) is 2.37. The normalized spacial score (nSPS) is 18.9.